The van der Waals surface area contributed by atoms with Gasteiger partial charge in [-0.15, -0.1) is 17.9 Å². The van der Waals surface area contributed by atoms with Crippen LogP contribution in [-0.2, 0) is 9.59 Å². The lowest BCUT2D eigenvalue weighted by Crippen LogP contribution is -2.36. The lowest BCUT2D eigenvalue weighted by atomic mass is 10.1. The Morgan fingerprint density at radius 3 is 2.89 bits per heavy atom. The maximum absolute atomic E-state index is 11.6. The first-order valence-electron chi connectivity index (χ1n) is 5.49. The van der Waals surface area contributed by atoms with Crippen LogP contribution >= 0.6 is 11.3 Å². The van der Waals surface area contributed by atoms with Gasteiger partial charge in [0.15, 0.2) is 0 Å². The van der Waals surface area contributed by atoms with Crippen LogP contribution in [0, 0.1) is 0 Å². The van der Waals surface area contributed by atoms with E-state index in [0.717, 1.165) is 4.88 Å². The highest BCUT2D eigenvalue weighted by atomic mass is 32.1. The molecule has 5 nitrogen and oxygen atoms in total. The Bertz CT molecular complexity index is 403. The normalized spacial score (nSPS) is 11.8. The third-order valence-electron chi connectivity index (χ3n) is 2.17. The van der Waals surface area contributed by atoms with Crippen LogP contribution in [0.3, 0.4) is 0 Å². The Balaban J connectivity index is 2.53. The number of rotatable bonds is 8. The van der Waals surface area contributed by atoms with Gasteiger partial charge in [0.1, 0.15) is 0 Å². The van der Waals surface area contributed by atoms with Crippen molar-refractivity contribution in [1.29, 1.82) is 0 Å². The standard InChI is InChI=1S/C12H16N2O3S/c1-2-5-13-8-11(15)14-9(7-12(16)17)10-4-3-6-18-10/h2-4,6,9,13H,1,5,7-8H2,(H,14,15)(H,16,17). The number of carboxylic acids is 1. The summed E-state index contributed by atoms with van der Waals surface area (Å²) in [5.74, 6) is -1.16. The molecule has 1 heterocycles. The molecule has 0 saturated heterocycles. The topological polar surface area (TPSA) is 78.4 Å². The molecule has 0 saturated carbocycles. The quantitative estimate of drug-likeness (QED) is 0.488. The highest BCUT2D eigenvalue weighted by Gasteiger charge is 2.18. The molecular weight excluding hydrogens is 252 g/mol. The van der Waals surface area contributed by atoms with E-state index < -0.39 is 12.0 Å². The Labute approximate surface area is 110 Å². The molecule has 1 unspecified atom stereocenters. The van der Waals surface area contributed by atoms with Crippen molar-refractivity contribution >= 4 is 23.2 Å². The fourth-order valence-electron chi connectivity index (χ4n) is 1.42. The van der Waals surface area contributed by atoms with Crippen LogP contribution in [0.4, 0.5) is 0 Å². The van der Waals surface area contributed by atoms with Crippen LogP contribution < -0.4 is 10.6 Å². The second-order valence-corrected chi connectivity index (χ2v) is 4.63. The average molecular weight is 268 g/mol. The lowest BCUT2D eigenvalue weighted by Gasteiger charge is -2.15. The second kappa shape index (κ2) is 7.62. The first-order chi connectivity index (χ1) is 8.63. The van der Waals surface area contributed by atoms with Gasteiger partial charge in [0, 0.05) is 11.4 Å². The second-order valence-electron chi connectivity index (χ2n) is 3.65. The summed E-state index contributed by atoms with van der Waals surface area (Å²) in [6, 6.07) is 3.17. The van der Waals surface area contributed by atoms with E-state index in [9.17, 15) is 9.59 Å². The fourth-order valence-corrected chi connectivity index (χ4v) is 2.20. The summed E-state index contributed by atoms with van der Waals surface area (Å²) in [5.41, 5.74) is 0. The molecule has 1 rings (SSSR count). The third-order valence-corrected chi connectivity index (χ3v) is 3.16. The van der Waals surface area contributed by atoms with Crippen LogP contribution in [0.15, 0.2) is 30.2 Å². The number of carbonyl (C=O) groups excluding carboxylic acids is 1. The van der Waals surface area contributed by atoms with Gasteiger partial charge < -0.3 is 15.7 Å². The molecule has 1 aromatic rings. The Kier molecular flexibility index (Phi) is 6.10. The van der Waals surface area contributed by atoms with Crippen molar-refractivity contribution < 1.29 is 14.7 Å². The summed E-state index contributed by atoms with van der Waals surface area (Å²) in [7, 11) is 0. The van der Waals surface area contributed by atoms with E-state index in [4.69, 9.17) is 5.11 Å². The number of hydrogen-bond acceptors (Lipinski definition) is 4. The number of amides is 1. The van der Waals surface area contributed by atoms with Crippen molar-refractivity contribution in [3.63, 3.8) is 0 Å². The number of aliphatic carboxylic acids is 1. The van der Waals surface area contributed by atoms with E-state index in [2.05, 4.69) is 17.2 Å². The van der Waals surface area contributed by atoms with Gasteiger partial charge in [0.2, 0.25) is 5.91 Å². The van der Waals surface area contributed by atoms with Gasteiger partial charge in [0.25, 0.3) is 0 Å². The van der Waals surface area contributed by atoms with Gasteiger partial charge in [-0.3, -0.25) is 9.59 Å². The van der Waals surface area contributed by atoms with Crippen molar-refractivity contribution in [1.82, 2.24) is 10.6 Å². The predicted octanol–water partition coefficient (Wildman–Crippen LogP) is 1.16. The molecule has 0 fully saturated rings. The minimum Gasteiger partial charge on any atom is -0.481 e. The van der Waals surface area contributed by atoms with Gasteiger partial charge in [-0.2, -0.15) is 0 Å². The average Bonchev–Trinajstić information content (AvgIpc) is 2.81. The van der Waals surface area contributed by atoms with Gasteiger partial charge in [-0.25, -0.2) is 0 Å². The molecule has 6 heteroatoms. The largest absolute Gasteiger partial charge is 0.481 e. The minimum atomic E-state index is -0.937. The van der Waals surface area contributed by atoms with Crippen molar-refractivity contribution in [2.75, 3.05) is 13.1 Å². The Morgan fingerprint density at radius 1 is 1.56 bits per heavy atom. The first-order valence-corrected chi connectivity index (χ1v) is 6.37. The van der Waals surface area contributed by atoms with Gasteiger partial charge in [-0.05, 0) is 11.4 Å². The van der Waals surface area contributed by atoms with E-state index in [-0.39, 0.29) is 18.9 Å². The zero-order chi connectivity index (χ0) is 13.4. The fraction of sp³-hybridized carbons (Fsp3) is 0.333. The number of nitrogens with one attached hydrogen (secondary N) is 2. The van der Waals surface area contributed by atoms with E-state index in [1.54, 1.807) is 6.08 Å². The molecule has 1 aromatic heterocycles. The number of thiophene rings is 1. The zero-order valence-corrected chi connectivity index (χ0v) is 10.7. The van der Waals surface area contributed by atoms with Crippen molar-refractivity contribution in [3.8, 4) is 0 Å². The summed E-state index contributed by atoms with van der Waals surface area (Å²) in [4.78, 5) is 23.2. The monoisotopic (exact) mass is 268 g/mol. The van der Waals surface area contributed by atoms with Crippen molar-refractivity contribution in [2.45, 2.75) is 12.5 Å². The summed E-state index contributed by atoms with van der Waals surface area (Å²) in [5, 5.41) is 16.3. The van der Waals surface area contributed by atoms with Gasteiger partial charge in [-0.1, -0.05) is 12.1 Å². The Morgan fingerprint density at radius 2 is 2.33 bits per heavy atom. The minimum absolute atomic E-state index is 0.117. The maximum atomic E-state index is 11.6. The molecule has 18 heavy (non-hydrogen) atoms. The molecule has 1 amide bonds. The number of carboxylic acid groups (broad SMARTS) is 1. The maximum Gasteiger partial charge on any atom is 0.305 e. The summed E-state index contributed by atoms with van der Waals surface area (Å²) in [6.45, 7) is 4.21. The van der Waals surface area contributed by atoms with Crippen LogP contribution in [-0.4, -0.2) is 30.1 Å². The molecular formula is C12H16N2O3S. The van der Waals surface area contributed by atoms with E-state index in [0.29, 0.717) is 6.54 Å². The smallest absolute Gasteiger partial charge is 0.305 e. The van der Waals surface area contributed by atoms with Crippen molar-refractivity contribution in [2.24, 2.45) is 0 Å². The highest BCUT2D eigenvalue weighted by molar-refractivity contribution is 7.10. The predicted molar refractivity (Wildman–Crippen MR) is 70.5 cm³/mol. The molecule has 0 aliphatic heterocycles. The number of carbonyl (C=O) groups is 2. The molecule has 1 atom stereocenters. The van der Waals surface area contributed by atoms with Crippen LogP contribution in [0.1, 0.15) is 17.3 Å². The summed E-state index contributed by atoms with van der Waals surface area (Å²) >= 11 is 1.43. The van der Waals surface area contributed by atoms with Crippen molar-refractivity contribution in [3.05, 3.63) is 35.0 Å². The Hall–Kier alpha value is -1.66. The van der Waals surface area contributed by atoms with E-state index in [1.807, 2.05) is 17.5 Å². The molecule has 0 aliphatic carbocycles. The third kappa shape index (κ3) is 5.11. The highest BCUT2D eigenvalue weighted by Crippen LogP contribution is 2.21. The van der Waals surface area contributed by atoms with Crippen LogP contribution in [0.5, 0.6) is 0 Å². The SMILES string of the molecule is C=CCNCC(=O)NC(CC(=O)O)c1cccs1. The van der Waals surface area contributed by atoms with Crippen LogP contribution in [0.2, 0.25) is 0 Å². The molecule has 0 spiro atoms. The lowest BCUT2D eigenvalue weighted by molar-refractivity contribution is -0.137. The van der Waals surface area contributed by atoms with E-state index >= 15 is 0 Å². The molecule has 0 bridgehead atoms. The van der Waals surface area contributed by atoms with Gasteiger partial charge >= 0.3 is 5.97 Å². The van der Waals surface area contributed by atoms with E-state index in [1.165, 1.54) is 11.3 Å². The molecule has 0 radical (unpaired) electrons. The first kappa shape index (κ1) is 14.4. The zero-order valence-electron chi connectivity index (χ0n) is 9.89. The summed E-state index contributed by atoms with van der Waals surface area (Å²) in [6.07, 6.45) is 1.54. The molecule has 98 valence electrons. The van der Waals surface area contributed by atoms with Crippen LogP contribution in [0.25, 0.3) is 0 Å². The summed E-state index contributed by atoms with van der Waals surface area (Å²) < 4.78 is 0. The molecule has 0 aliphatic rings. The number of hydrogen-bond donors (Lipinski definition) is 3. The van der Waals surface area contributed by atoms with Gasteiger partial charge in [0.05, 0.1) is 19.0 Å². The molecule has 0 aromatic carbocycles. The molecule has 3 N–H and O–H groups in total.